The Labute approximate surface area is 110 Å². The fraction of sp³-hybridized carbons (Fsp3) is 0. The third-order valence-electron chi connectivity index (χ3n) is 2.33. The predicted molar refractivity (Wildman–Crippen MR) is 74.0 cm³/mol. The molecule has 0 aliphatic heterocycles. The molecule has 0 saturated heterocycles. The van der Waals surface area contributed by atoms with Crippen LogP contribution in [0.5, 0.6) is 0 Å². The van der Waals surface area contributed by atoms with Gasteiger partial charge in [-0.05, 0) is 18.1 Å². The summed E-state index contributed by atoms with van der Waals surface area (Å²) in [5.41, 5.74) is 1.57. The molecule has 92 valence electrons. The molecule has 19 heavy (non-hydrogen) atoms. The lowest BCUT2D eigenvalue weighted by molar-refractivity contribution is -0.384. The van der Waals surface area contributed by atoms with Crippen LogP contribution in [0.1, 0.15) is 11.1 Å². The Morgan fingerprint density at radius 1 is 1.11 bits per heavy atom. The number of nitro groups is 1. The second kappa shape index (κ2) is 6.12. The third-order valence-corrected chi connectivity index (χ3v) is 2.33. The molecule has 4 nitrogen and oxygen atoms in total. The molecule has 0 saturated carbocycles. The first-order chi connectivity index (χ1) is 9.25. The Morgan fingerprint density at radius 2 is 1.89 bits per heavy atom. The van der Waals surface area contributed by atoms with E-state index in [1.807, 2.05) is 30.3 Å². The molecule has 2 rings (SSSR count). The van der Waals surface area contributed by atoms with Crippen molar-refractivity contribution in [3.8, 4) is 12.0 Å². The molecule has 0 aliphatic carbocycles. The van der Waals surface area contributed by atoms with Gasteiger partial charge in [-0.15, -0.1) is 0 Å². The van der Waals surface area contributed by atoms with Gasteiger partial charge in [0.05, 0.1) is 4.92 Å². The number of non-ortho nitro benzene ring substituents is 1. The van der Waals surface area contributed by atoms with Gasteiger partial charge < -0.3 is 0 Å². The standard InChI is InChI=1S/C15H10N2O2/c18-17(19)15-8-4-7-14(11-15)12-16-10-9-13-5-2-1-3-6-13/h1-8,11-12H. The minimum Gasteiger partial charge on any atom is -0.258 e. The molecule has 0 aromatic heterocycles. The monoisotopic (exact) mass is 250 g/mol. The summed E-state index contributed by atoms with van der Waals surface area (Å²) >= 11 is 0. The van der Waals surface area contributed by atoms with Crippen LogP contribution in [0, 0.1) is 22.1 Å². The van der Waals surface area contributed by atoms with E-state index in [-0.39, 0.29) is 5.69 Å². The first-order valence-electron chi connectivity index (χ1n) is 5.59. The quantitative estimate of drug-likeness (QED) is 0.356. The van der Waals surface area contributed by atoms with E-state index in [1.54, 1.807) is 12.1 Å². The molecule has 2 aromatic carbocycles. The Hall–Kier alpha value is -2.93. The molecule has 0 spiro atoms. The number of hydrogen-bond acceptors (Lipinski definition) is 3. The van der Waals surface area contributed by atoms with E-state index in [1.165, 1.54) is 18.3 Å². The summed E-state index contributed by atoms with van der Waals surface area (Å²) < 4.78 is 0. The van der Waals surface area contributed by atoms with Crippen molar-refractivity contribution < 1.29 is 4.92 Å². The van der Waals surface area contributed by atoms with Crippen molar-refractivity contribution in [2.45, 2.75) is 0 Å². The van der Waals surface area contributed by atoms with Gasteiger partial charge in [0.15, 0.2) is 0 Å². The second-order valence-corrected chi connectivity index (χ2v) is 3.71. The van der Waals surface area contributed by atoms with Gasteiger partial charge in [0.1, 0.15) is 0 Å². The van der Waals surface area contributed by atoms with Crippen molar-refractivity contribution in [2.24, 2.45) is 4.99 Å². The zero-order valence-electron chi connectivity index (χ0n) is 9.98. The van der Waals surface area contributed by atoms with Gasteiger partial charge in [-0.25, -0.2) is 4.99 Å². The van der Waals surface area contributed by atoms with E-state index in [9.17, 15) is 10.1 Å². The maximum atomic E-state index is 10.6. The molecular weight excluding hydrogens is 240 g/mol. The number of hydrogen-bond donors (Lipinski definition) is 0. The van der Waals surface area contributed by atoms with E-state index in [4.69, 9.17) is 0 Å². The van der Waals surface area contributed by atoms with Crippen molar-refractivity contribution in [1.82, 2.24) is 0 Å². The molecule has 0 bridgehead atoms. The summed E-state index contributed by atoms with van der Waals surface area (Å²) in [4.78, 5) is 14.1. The van der Waals surface area contributed by atoms with E-state index < -0.39 is 4.92 Å². The first kappa shape index (κ1) is 12.5. The average molecular weight is 250 g/mol. The van der Waals surface area contributed by atoms with Crippen LogP contribution < -0.4 is 0 Å². The number of rotatable bonds is 2. The molecule has 2 aromatic rings. The van der Waals surface area contributed by atoms with Crippen LogP contribution in [0.15, 0.2) is 59.6 Å². The van der Waals surface area contributed by atoms with Crippen molar-refractivity contribution in [3.63, 3.8) is 0 Å². The lowest BCUT2D eigenvalue weighted by Crippen LogP contribution is -1.89. The zero-order valence-corrected chi connectivity index (χ0v) is 9.98. The van der Waals surface area contributed by atoms with Gasteiger partial charge in [-0.3, -0.25) is 10.1 Å². The maximum absolute atomic E-state index is 10.6. The summed E-state index contributed by atoms with van der Waals surface area (Å²) in [7, 11) is 0. The number of aliphatic imine (C=N–C) groups is 1. The van der Waals surface area contributed by atoms with Gasteiger partial charge in [-0.2, -0.15) is 0 Å². The Kier molecular flexibility index (Phi) is 4.04. The van der Waals surface area contributed by atoms with Crippen LogP contribution in [0.3, 0.4) is 0 Å². The topological polar surface area (TPSA) is 55.5 Å². The smallest absolute Gasteiger partial charge is 0.258 e. The molecule has 0 N–H and O–H groups in total. The van der Waals surface area contributed by atoms with Gasteiger partial charge in [0, 0.05) is 35.5 Å². The lowest BCUT2D eigenvalue weighted by atomic mass is 10.2. The van der Waals surface area contributed by atoms with E-state index >= 15 is 0 Å². The third kappa shape index (κ3) is 3.79. The van der Waals surface area contributed by atoms with Gasteiger partial charge in [-0.1, -0.05) is 30.3 Å². The number of nitrogens with zero attached hydrogens (tertiary/aromatic N) is 2. The highest BCUT2D eigenvalue weighted by molar-refractivity contribution is 5.81. The summed E-state index contributed by atoms with van der Waals surface area (Å²) in [6, 6.07) is 18.4. The van der Waals surface area contributed by atoms with Crippen molar-refractivity contribution in [1.29, 1.82) is 0 Å². The van der Waals surface area contributed by atoms with E-state index in [0.29, 0.717) is 5.56 Å². The number of benzene rings is 2. The Bertz CT molecular complexity index is 667. The molecule has 0 fully saturated rings. The van der Waals surface area contributed by atoms with Crippen LogP contribution in [-0.2, 0) is 0 Å². The van der Waals surface area contributed by atoms with E-state index in [0.717, 1.165) is 5.56 Å². The van der Waals surface area contributed by atoms with Crippen LogP contribution in [-0.4, -0.2) is 11.1 Å². The average Bonchev–Trinajstić information content (AvgIpc) is 2.45. The fourth-order valence-electron chi connectivity index (χ4n) is 1.44. The molecule has 0 unspecified atom stereocenters. The maximum Gasteiger partial charge on any atom is 0.270 e. The lowest BCUT2D eigenvalue weighted by Gasteiger charge is -1.92. The van der Waals surface area contributed by atoms with E-state index in [2.05, 4.69) is 17.0 Å². The zero-order chi connectivity index (χ0) is 13.5. The Balaban J connectivity index is 2.10. The summed E-state index contributed by atoms with van der Waals surface area (Å²) in [6.45, 7) is 0. The normalized spacial score (nSPS) is 9.89. The van der Waals surface area contributed by atoms with Crippen LogP contribution in [0.25, 0.3) is 0 Å². The predicted octanol–water partition coefficient (Wildman–Crippen LogP) is 3.02. The Morgan fingerprint density at radius 3 is 2.63 bits per heavy atom. The molecular formula is C15H10N2O2. The highest BCUT2D eigenvalue weighted by Gasteiger charge is 2.03. The summed E-state index contributed by atoms with van der Waals surface area (Å²) in [5.74, 6) is 2.87. The molecule has 0 atom stereocenters. The van der Waals surface area contributed by atoms with Crippen molar-refractivity contribution in [2.75, 3.05) is 0 Å². The summed E-state index contributed by atoms with van der Waals surface area (Å²) in [6.07, 6.45) is 1.50. The van der Waals surface area contributed by atoms with Crippen molar-refractivity contribution >= 4 is 11.9 Å². The molecule has 0 heterocycles. The van der Waals surface area contributed by atoms with Crippen molar-refractivity contribution in [3.05, 3.63) is 75.8 Å². The van der Waals surface area contributed by atoms with Crippen LogP contribution in [0.2, 0.25) is 0 Å². The first-order valence-corrected chi connectivity index (χ1v) is 5.59. The van der Waals surface area contributed by atoms with Gasteiger partial charge in [0.25, 0.3) is 5.69 Å². The minimum atomic E-state index is -0.438. The molecule has 0 amide bonds. The molecule has 0 radical (unpaired) electrons. The summed E-state index contributed by atoms with van der Waals surface area (Å²) in [5, 5.41) is 10.6. The minimum absolute atomic E-state index is 0.0416. The largest absolute Gasteiger partial charge is 0.270 e. The number of nitro benzene ring substituents is 1. The fourth-order valence-corrected chi connectivity index (χ4v) is 1.44. The molecule has 0 aliphatic rings. The second-order valence-electron chi connectivity index (χ2n) is 3.71. The molecule has 4 heteroatoms. The van der Waals surface area contributed by atoms with Crippen LogP contribution in [0.4, 0.5) is 5.69 Å². The highest BCUT2D eigenvalue weighted by atomic mass is 16.6. The highest BCUT2D eigenvalue weighted by Crippen LogP contribution is 2.11. The van der Waals surface area contributed by atoms with Gasteiger partial charge in [0.2, 0.25) is 0 Å². The van der Waals surface area contributed by atoms with Gasteiger partial charge >= 0.3 is 0 Å². The SMILES string of the molecule is O=[N+]([O-])c1cccc(C=NC#Cc2ccccc2)c1. The van der Waals surface area contributed by atoms with Crippen LogP contribution >= 0.6 is 0 Å².